The van der Waals surface area contributed by atoms with E-state index in [0.717, 1.165) is 11.1 Å². The van der Waals surface area contributed by atoms with Crippen LogP contribution < -0.4 is 5.32 Å². The molecule has 0 saturated heterocycles. The molecule has 1 atom stereocenters. The van der Waals surface area contributed by atoms with Crippen LogP contribution in [0.4, 0.5) is 0 Å². The van der Waals surface area contributed by atoms with Gasteiger partial charge in [0.15, 0.2) is 0 Å². The smallest absolute Gasteiger partial charge is 0.251 e. The first-order chi connectivity index (χ1) is 9.08. The summed E-state index contributed by atoms with van der Waals surface area (Å²) in [6, 6.07) is 7.47. The second-order valence-corrected chi connectivity index (χ2v) is 4.46. The Labute approximate surface area is 115 Å². The van der Waals surface area contributed by atoms with Gasteiger partial charge in [0.25, 0.3) is 5.91 Å². The SMILES string of the molecule is C=C/C(=C\C=C/C)C(C)NC(=O)c1ccc(C)cc1. The molecule has 1 aromatic carbocycles. The minimum atomic E-state index is -0.0688. The van der Waals surface area contributed by atoms with Crippen molar-refractivity contribution in [1.29, 1.82) is 0 Å². The largest absolute Gasteiger partial charge is 0.346 e. The molecule has 100 valence electrons. The summed E-state index contributed by atoms with van der Waals surface area (Å²) in [5.41, 5.74) is 2.80. The average molecular weight is 255 g/mol. The molecule has 0 aliphatic rings. The van der Waals surface area contributed by atoms with Crippen molar-refractivity contribution in [2.75, 3.05) is 0 Å². The van der Waals surface area contributed by atoms with Crippen molar-refractivity contribution in [2.45, 2.75) is 26.8 Å². The van der Waals surface area contributed by atoms with Crippen LogP contribution in [0.2, 0.25) is 0 Å². The molecule has 0 aromatic heterocycles. The zero-order valence-electron chi connectivity index (χ0n) is 11.8. The van der Waals surface area contributed by atoms with E-state index < -0.39 is 0 Å². The van der Waals surface area contributed by atoms with Crippen molar-refractivity contribution in [1.82, 2.24) is 5.32 Å². The number of rotatable bonds is 5. The summed E-state index contributed by atoms with van der Waals surface area (Å²) in [6.45, 7) is 9.67. The fourth-order valence-corrected chi connectivity index (χ4v) is 1.66. The van der Waals surface area contributed by atoms with Gasteiger partial charge in [-0.15, -0.1) is 0 Å². The third kappa shape index (κ3) is 4.59. The molecule has 2 heteroatoms. The molecule has 0 saturated carbocycles. The topological polar surface area (TPSA) is 29.1 Å². The van der Waals surface area contributed by atoms with Crippen molar-refractivity contribution >= 4 is 5.91 Å². The van der Waals surface area contributed by atoms with E-state index in [9.17, 15) is 4.79 Å². The van der Waals surface area contributed by atoms with Gasteiger partial charge < -0.3 is 5.32 Å². The Morgan fingerprint density at radius 1 is 1.32 bits per heavy atom. The van der Waals surface area contributed by atoms with Crippen molar-refractivity contribution in [3.05, 3.63) is 71.8 Å². The maximum absolute atomic E-state index is 12.1. The molecule has 0 heterocycles. The van der Waals surface area contributed by atoms with Crippen LogP contribution in [0.5, 0.6) is 0 Å². The number of carbonyl (C=O) groups is 1. The van der Waals surface area contributed by atoms with E-state index in [-0.39, 0.29) is 11.9 Å². The van der Waals surface area contributed by atoms with Crippen LogP contribution in [-0.4, -0.2) is 11.9 Å². The Hall–Kier alpha value is -2.09. The number of amides is 1. The van der Waals surface area contributed by atoms with E-state index in [0.29, 0.717) is 5.56 Å². The molecule has 1 aromatic rings. The van der Waals surface area contributed by atoms with Gasteiger partial charge in [-0.1, -0.05) is 48.6 Å². The predicted molar refractivity (Wildman–Crippen MR) is 81.2 cm³/mol. The number of benzene rings is 1. The van der Waals surface area contributed by atoms with E-state index in [4.69, 9.17) is 0 Å². The number of hydrogen-bond acceptors (Lipinski definition) is 1. The number of hydrogen-bond donors (Lipinski definition) is 1. The van der Waals surface area contributed by atoms with Crippen LogP contribution in [0.3, 0.4) is 0 Å². The third-order valence-electron chi connectivity index (χ3n) is 2.88. The lowest BCUT2D eigenvalue weighted by molar-refractivity contribution is 0.0946. The van der Waals surface area contributed by atoms with Gasteiger partial charge in [-0.05, 0) is 38.5 Å². The molecule has 0 fully saturated rings. The summed E-state index contributed by atoms with van der Waals surface area (Å²) < 4.78 is 0. The number of aryl methyl sites for hydroxylation is 1. The summed E-state index contributed by atoms with van der Waals surface area (Å²) in [7, 11) is 0. The van der Waals surface area contributed by atoms with Gasteiger partial charge >= 0.3 is 0 Å². The standard InChI is InChI=1S/C17H21NO/c1-5-7-8-15(6-2)14(4)18-17(19)16-11-9-13(3)10-12-16/h5-12,14H,2H2,1,3-4H3,(H,18,19)/b7-5-,15-8+. The zero-order chi connectivity index (χ0) is 14.3. The first kappa shape index (κ1) is 15.0. The second-order valence-electron chi connectivity index (χ2n) is 4.46. The van der Waals surface area contributed by atoms with Crippen molar-refractivity contribution in [2.24, 2.45) is 0 Å². The van der Waals surface area contributed by atoms with Gasteiger partial charge in [0, 0.05) is 5.56 Å². The minimum Gasteiger partial charge on any atom is -0.346 e. The molecule has 0 spiro atoms. The van der Waals surface area contributed by atoms with Crippen LogP contribution in [0.15, 0.2) is 60.7 Å². The Bertz CT molecular complexity index is 494. The quantitative estimate of drug-likeness (QED) is 0.797. The van der Waals surface area contributed by atoms with Gasteiger partial charge in [0.2, 0.25) is 0 Å². The molecule has 2 nitrogen and oxygen atoms in total. The number of nitrogens with one attached hydrogen (secondary N) is 1. The summed E-state index contributed by atoms with van der Waals surface area (Å²) in [6.07, 6.45) is 7.59. The first-order valence-corrected chi connectivity index (χ1v) is 6.41. The monoisotopic (exact) mass is 255 g/mol. The first-order valence-electron chi connectivity index (χ1n) is 6.41. The van der Waals surface area contributed by atoms with E-state index >= 15 is 0 Å². The van der Waals surface area contributed by atoms with E-state index in [1.54, 1.807) is 6.08 Å². The lowest BCUT2D eigenvalue weighted by Crippen LogP contribution is -2.33. The molecule has 1 N–H and O–H groups in total. The third-order valence-corrected chi connectivity index (χ3v) is 2.88. The molecular weight excluding hydrogens is 234 g/mol. The molecule has 19 heavy (non-hydrogen) atoms. The normalized spacial score (nSPS) is 13.3. The van der Waals surface area contributed by atoms with Crippen molar-refractivity contribution in [3.63, 3.8) is 0 Å². The van der Waals surface area contributed by atoms with Crippen LogP contribution in [-0.2, 0) is 0 Å². The van der Waals surface area contributed by atoms with Crippen molar-refractivity contribution < 1.29 is 4.79 Å². The summed E-state index contributed by atoms with van der Waals surface area (Å²) in [5, 5.41) is 2.96. The van der Waals surface area contributed by atoms with Crippen molar-refractivity contribution in [3.8, 4) is 0 Å². The van der Waals surface area contributed by atoms with Crippen LogP contribution in [0, 0.1) is 6.92 Å². The predicted octanol–water partition coefficient (Wildman–Crippen LogP) is 3.80. The zero-order valence-corrected chi connectivity index (χ0v) is 11.8. The van der Waals surface area contributed by atoms with E-state index in [1.165, 1.54) is 0 Å². The fraction of sp³-hybridized carbons (Fsp3) is 0.235. The van der Waals surface area contributed by atoms with Crippen LogP contribution in [0.1, 0.15) is 29.8 Å². The molecule has 0 aliphatic carbocycles. The van der Waals surface area contributed by atoms with Gasteiger partial charge in [-0.2, -0.15) is 0 Å². The van der Waals surface area contributed by atoms with Gasteiger partial charge in [-0.3, -0.25) is 4.79 Å². The highest BCUT2D eigenvalue weighted by molar-refractivity contribution is 5.94. The summed E-state index contributed by atoms with van der Waals surface area (Å²) in [5.74, 6) is -0.0688. The molecule has 0 radical (unpaired) electrons. The highest BCUT2D eigenvalue weighted by Gasteiger charge is 2.11. The van der Waals surface area contributed by atoms with Crippen LogP contribution >= 0.6 is 0 Å². The summed E-state index contributed by atoms with van der Waals surface area (Å²) in [4.78, 5) is 12.1. The van der Waals surface area contributed by atoms with Gasteiger partial charge in [0.05, 0.1) is 6.04 Å². The molecule has 1 unspecified atom stereocenters. The lowest BCUT2D eigenvalue weighted by atomic mass is 10.1. The Balaban J connectivity index is 2.75. The molecule has 0 aliphatic heterocycles. The number of allylic oxidation sites excluding steroid dienone is 3. The molecule has 1 amide bonds. The second kappa shape index (κ2) is 7.37. The highest BCUT2D eigenvalue weighted by atomic mass is 16.1. The highest BCUT2D eigenvalue weighted by Crippen LogP contribution is 2.07. The van der Waals surface area contributed by atoms with E-state index in [2.05, 4.69) is 11.9 Å². The van der Waals surface area contributed by atoms with Crippen LogP contribution in [0.25, 0.3) is 0 Å². The lowest BCUT2D eigenvalue weighted by Gasteiger charge is -2.15. The van der Waals surface area contributed by atoms with Gasteiger partial charge in [-0.25, -0.2) is 0 Å². The maximum atomic E-state index is 12.1. The van der Waals surface area contributed by atoms with Gasteiger partial charge in [0.1, 0.15) is 0 Å². The fourth-order valence-electron chi connectivity index (χ4n) is 1.66. The Morgan fingerprint density at radius 3 is 2.47 bits per heavy atom. The Morgan fingerprint density at radius 2 is 1.95 bits per heavy atom. The van der Waals surface area contributed by atoms with E-state index in [1.807, 2.05) is 63.3 Å². The minimum absolute atomic E-state index is 0.0671. The average Bonchev–Trinajstić information content (AvgIpc) is 2.40. The molecular formula is C17H21NO. The summed E-state index contributed by atoms with van der Waals surface area (Å²) >= 11 is 0. The molecule has 0 bridgehead atoms. The number of carbonyl (C=O) groups excluding carboxylic acids is 1. The maximum Gasteiger partial charge on any atom is 0.251 e. The Kier molecular flexibility index (Phi) is 5.80. The molecule has 1 rings (SSSR count).